The van der Waals surface area contributed by atoms with Crippen LogP contribution < -0.4 is 0 Å². The zero-order valence-electron chi connectivity index (χ0n) is 18.8. The van der Waals surface area contributed by atoms with Gasteiger partial charge in [0.1, 0.15) is 0 Å². The summed E-state index contributed by atoms with van der Waals surface area (Å²) < 4.78 is 2.16. The zero-order chi connectivity index (χ0) is 22.0. The van der Waals surface area contributed by atoms with Crippen molar-refractivity contribution < 1.29 is 20.1 Å². The van der Waals surface area contributed by atoms with E-state index >= 15 is 0 Å². The summed E-state index contributed by atoms with van der Waals surface area (Å²) in [5.41, 5.74) is 7.61. The molecule has 0 aliphatic carbocycles. The molecule has 163 valence electrons. The predicted octanol–water partition coefficient (Wildman–Crippen LogP) is 7.12. The first kappa shape index (κ1) is 23.7. The van der Waals surface area contributed by atoms with Gasteiger partial charge in [-0.1, -0.05) is 58.0 Å². The first-order chi connectivity index (χ1) is 15.0. The number of benzene rings is 3. The molecule has 0 aliphatic rings. The predicted molar refractivity (Wildman–Crippen MR) is 126 cm³/mol. The maximum Gasteiger partial charge on any atom is 0.0789 e. The Morgan fingerprint density at radius 2 is 1.56 bits per heavy atom. The Balaban J connectivity index is 0.00000289. The van der Waals surface area contributed by atoms with Crippen LogP contribution in [0.1, 0.15) is 56.2 Å². The first-order valence-electron chi connectivity index (χ1n) is 10.7. The number of nitrogens with zero attached hydrogens (tertiary/aromatic N) is 3. The van der Waals surface area contributed by atoms with Gasteiger partial charge < -0.3 is 4.57 Å². The standard InChI is InChI=1S/C28H26N3.Ir/c1-19(2)25-16-24(22-10-6-5-7-11-22)17-26(20(3)4)27(25)31-14-13-30-28(31)23-12-8-9-21(15-23)18-29;/h5-11,13-17,19-20H,1-4H3;/q-1;. The van der Waals surface area contributed by atoms with Crippen molar-refractivity contribution in [3.8, 4) is 34.3 Å². The Morgan fingerprint density at radius 1 is 0.906 bits per heavy atom. The third-order valence-electron chi connectivity index (χ3n) is 5.57. The van der Waals surface area contributed by atoms with Gasteiger partial charge in [0, 0.05) is 38.2 Å². The fraction of sp³-hybridized carbons (Fsp3) is 0.214. The van der Waals surface area contributed by atoms with E-state index in [1.807, 2.05) is 24.5 Å². The summed E-state index contributed by atoms with van der Waals surface area (Å²) in [4.78, 5) is 4.64. The van der Waals surface area contributed by atoms with E-state index in [0.29, 0.717) is 17.4 Å². The van der Waals surface area contributed by atoms with Crippen LogP contribution in [0.3, 0.4) is 0 Å². The van der Waals surface area contributed by atoms with Crippen LogP contribution in [-0.2, 0) is 20.1 Å². The minimum absolute atomic E-state index is 0. The van der Waals surface area contributed by atoms with E-state index < -0.39 is 0 Å². The second-order valence-corrected chi connectivity index (χ2v) is 8.40. The molecular weight excluding hydrogens is 571 g/mol. The van der Waals surface area contributed by atoms with E-state index in [-0.39, 0.29) is 20.1 Å². The Hall–Kier alpha value is -2.99. The van der Waals surface area contributed by atoms with Crippen molar-refractivity contribution in [1.29, 1.82) is 5.26 Å². The summed E-state index contributed by atoms with van der Waals surface area (Å²) in [7, 11) is 0. The average molecular weight is 597 g/mol. The Bertz CT molecular complexity index is 1220. The molecule has 0 fully saturated rings. The third kappa shape index (κ3) is 4.60. The van der Waals surface area contributed by atoms with Crippen LogP contribution in [-0.4, -0.2) is 9.55 Å². The van der Waals surface area contributed by atoms with Crippen LogP contribution in [0.15, 0.2) is 73.1 Å². The minimum atomic E-state index is 0. The third-order valence-corrected chi connectivity index (χ3v) is 5.57. The summed E-state index contributed by atoms with van der Waals surface area (Å²) in [5, 5.41) is 9.33. The summed E-state index contributed by atoms with van der Waals surface area (Å²) >= 11 is 0. The first-order valence-corrected chi connectivity index (χ1v) is 10.7. The molecule has 0 unspecified atom stereocenters. The van der Waals surface area contributed by atoms with E-state index in [2.05, 4.69) is 85.8 Å². The molecule has 0 bridgehead atoms. The molecule has 1 heterocycles. The van der Waals surface area contributed by atoms with E-state index in [1.54, 1.807) is 12.1 Å². The maximum atomic E-state index is 9.33. The molecule has 0 aliphatic heterocycles. The van der Waals surface area contributed by atoms with Crippen LogP contribution in [0, 0.1) is 17.4 Å². The molecule has 0 amide bonds. The van der Waals surface area contributed by atoms with Crippen LogP contribution in [0.4, 0.5) is 0 Å². The van der Waals surface area contributed by atoms with Crippen molar-refractivity contribution in [3.63, 3.8) is 0 Å². The van der Waals surface area contributed by atoms with Gasteiger partial charge in [-0.2, -0.15) is 5.26 Å². The smallest absolute Gasteiger partial charge is 0.0789 e. The number of hydrogen-bond acceptors (Lipinski definition) is 2. The molecule has 0 N–H and O–H groups in total. The van der Waals surface area contributed by atoms with Gasteiger partial charge in [-0.05, 0) is 51.8 Å². The topological polar surface area (TPSA) is 41.6 Å². The van der Waals surface area contributed by atoms with Gasteiger partial charge in [0.05, 0.1) is 11.9 Å². The molecule has 4 aromatic rings. The molecule has 0 saturated carbocycles. The van der Waals surface area contributed by atoms with Crippen molar-refractivity contribution >= 4 is 0 Å². The van der Waals surface area contributed by atoms with E-state index in [1.165, 1.54) is 27.9 Å². The van der Waals surface area contributed by atoms with Crippen LogP contribution >= 0.6 is 0 Å². The van der Waals surface area contributed by atoms with Gasteiger partial charge >= 0.3 is 0 Å². The molecule has 4 heteroatoms. The van der Waals surface area contributed by atoms with Gasteiger partial charge in [-0.15, -0.1) is 29.8 Å². The fourth-order valence-corrected chi connectivity index (χ4v) is 3.98. The summed E-state index contributed by atoms with van der Waals surface area (Å²) in [6.45, 7) is 8.93. The fourth-order valence-electron chi connectivity index (χ4n) is 3.98. The molecule has 0 spiro atoms. The molecular formula is C28H26IrN3-. The SMILES string of the molecule is CC(C)c1cc(-c2ccccc2)cc(C(C)C)c1-n1ccnc1-c1[c-]ccc(C#N)c1.[Ir]. The van der Waals surface area contributed by atoms with E-state index in [4.69, 9.17) is 0 Å². The Labute approximate surface area is 204 Å². The Morgan fingerprint density at radius 3 is 2.16 bits per heavy atom. The van der Waals surface area contributed by atoms with Crippen molar-refractivity contribution in [1.82, 2.24) is 9.55 Å². The molecule has 4 rings (SSSR count). The molecule has 0 saturated heterocycles. The van der Waals surface area contributed by atoms with Crippen molar-refractivity contribution in [2.45, 2.75) is 39.5 Å². The van der Waals surface area contributed by atoms with Crippen LogP contribution in [0.5, 0.6) is 0 Å². The van der Waals surface area contributed by atoms with Gasteiger partial charge in [-0.3, -0.25) is 4.98 Å². The molecule has 1 aromatic heterocycles. The van der Waals surface area contributed by atoms with E-state index in [9.17, 15) is 5.26 Å². The number of nitriles is 1. The normalized spacial score (nSPS) is 10.8. The quantitative estimate of drug-likeness (QED) is 0.230. The number of aromatic nitrogens is 2. The molecule has 3 nitrogen and oxygen atoms in total. The van der Waals surface area contributed by atoms with Crippen molar-refractivity contribution in [2.24, 2.45) is 0 Å². The largest absolute Gasteiger partial charge is 0.340 e. The summed E-state index contributed by atoms with van der Waals surface area (Å²) in [6.07, 6.45) is 3.83. The van der Waals surface area contributed by atoms with Crippen molar-refractivity contribution in [2.75, 3.05) is 0 Å². The molecule has 0 atom stereocenters. The Kier molecular flexibility index (Phi) is 7.46. The second kappa shape index (κ2) is 10.1. The number of rotatable bonds is 5. The average Bonchev–Trinajstić information content (AvgIpc) is 3.28. The van der Waals surface area contributed by atoms with Crippen LogP contribution in [0.2, 0.25) is 0 Å². The maximum absolute atomic E-state index is 9.33. The molecule has 3 aromatic carbocycles. The van der Waals surface area contributed by atoms with Gasteiger partial charge in [0.2, 0.25) is 0 Å². The van der Waals surface area contributed by atoms with Crippen molar-refractivity contribution in [3.05, 3.63) is 95.8 Å². The molecule has 1 radical (unpaired) electrons. The monoisotopic (exact) mass is 597 g/mol. The molecule has 32 heavy (non-hydrogen) atoms. The summed E-state index contributed by atoms with van der Waals surface area (Å²) in [6, 6.07) is 26.0. The number of imidazole rings is 1. The van der Waals surface area contributed by atoms with Gasteiger partial charge in [0.25, 0.3) is 0 Å². The van der Waals surface area contributed by atoms with E-state index in [0.717, 1.165) is 11.4 Å². The number of hydrogen-bond donors (Lipinski definition) is 0. The van der Waals surface area contributed by atoms with Gasteiger partial charge in [-0.25, -0.2) is 0 Å². The summed E-state index contributed by atoms with van der Waals surface area (Å²) in [5.74, 6) is 1.47. The van der Waals surface area contributed by atoms with Gasteiger partial charge in [0.15, 0.2) is 0 Å². The zero-order valence-corrected chi connectivity index (χ0v) is 21.2. The second-order valence-electron chi connectivity index (χ2n) is 8.40. The van der Waals surface area contributed by atoms with Crippen LogP contribution in [0.25, 0.3) is 28.2 Å². The minimum Gasteiger partial charge on any atom is -0.340 e.